The Morgan fingerprint density at radius 3 is 2.68 bits per heavy atom. The van der Waals surface area contributed by atoms with Gasteiger partial charge in [0.2, 0.25) is 6.41 Å². The van der Waals surface area contributed by atoms with E-state index in [2.05, 4.69) is 46.4 Å². The summed E-state index contributed by atoms with van der Waals surface area (Å²) in [5, 5.41) is 3.39. The van der Waals surface area contributed by atoms with Gasteiger partial charge in [0.15, 0.2) is 0 Å². The fourth-order valence-corrected chi connectivity index (χ4v) is 2.88. The van der Waals surface area contributed by atoms with Crippen LogP contribution in [-0.2, 0) is 4.79 Å². The lowest BCUT2D eigenvalue weighted by atomic mass is 10.0. The highest BCUT2D eigenvalue weighted by molar-refractivity contribution is 5.90. The summed E-state index contributed by atoms with van der Waals surface area (Å²) in [5.41, 5.74) is 4.69. The number of rotatable bonds is 5. The number of aliphatic imine (C=N–C) groups is 1. The van der Waals surface area contributed by atoms with Crippen LogP contribution >= 0.6 is 0 Å². The Bertz CT molecular complexity index is 597. The van der Waals surface area contributed by atoms with Crippen LogP contribution in [0.15, 0.2) is 23.2 Å². The van der Waals surface area contributed by atoms with E-state index >= 15 is 0 Å². The normalized spacial score (nSPS) is 19.2. The van der Waals surface area contributed by atoms with Crippen LogP contribution in [0.25, 0.3) is 6.08 Å². The molecular weight excluding hydrogens is 274 g/mol. The zero-order valence-electron chi connectivity index (χ0n) is 13.1. The largest absolute Gasteiger partial charge is 0.369 e. The molecule has 1 amide bonds. The molecule has 1 aliphatic carbocycles. The monoisotopic (exact) mass is 297 g/mol. The maximum Gasteiger partial charge on any atom is 0.232 e. The number of allylic oxidation sites excluding steroid dienone is 1. The van der Waals surface area contributed by atoms with Gasteiger partial charge in [-0.15, -0.1) is 0 Å². The van der Waals surface area contributed by atoms with Crippen LogP contribution in [0.4, 0.5) is 5.69 Å². The second kappa shape index (κ2) is 6.88. The van der Waals surface area contributed by atoms with Crippen molar-refractivity contribution in [3.63, 3.8) is 0 Å². The van der Waals surface area contributed by atoms with Crippen LogP contribution in [-0.4, -0.2) is 38.8 Å². The third-order valence-corrected chi connectivity index (χ3v) is 4.30. The van der Waals surface area contributed by atoms with Crippen LogP contribution < -0.4 is 10.2 Å². The van der Waals surface area contributed by atoms with E-state index < -0.39 is 0 Å². The average Bonchev–Trinajstić information content (AvgIpc) is 3.37. The minimum absolute atomic E-state index is 0.591. The molecule has 4 nitrogen and oxygen atoms in total. The van der Waals surface area contributed by atoms with Crippen LogP contribution in [0.3, 0.4) is 0 Å². The molecule has 4 heteroatoms. The van der Waals surface area contributed by atoms with Crippen molar-refractivity contribution in [2.45, 2.75) is 19.8 Å². The van der Waals surface area contributed by atoms with E-state index in [0.29, 0.717) is 6.41 Å². The Balaban J connectivity index is 1.94. The van der Waals surface area contributed by atoms with Crippen LogP contribution in [0.1, 0.15) is 29.5 Å². The Morgan fingerprint density at radius 1 is 1.23 bits per heavy atom. The van der Waals surface area contributed by atoms with Crippen molar-refractivity contribution in [3.8, 4) is 0 Å². The Kier molecular flexibility index (Phi) is 4.68. The van der Waals surface area contributed by atoms with E-state index in [-0.39, 0.29) is 0 Å². The third kappa shape index (κ3) is 3.63. The molecule has 22 heavy (non-hydrogen) atoms. The predicted molar refractivity (Wildman–Crippen MR) is 91.7 cm³/mol. The van der Waals surface area contributed by atoms with E-state index in [9.17, 15) is 4.79 Å². The number of anilines is 1. The number of carbonyl (C=O) groups excluding carboxylic acids is 1. The van der Waals surface area contributed by atoms with Gasteiger partial charge in [-0.25, -0.2) is 4.99 Å². The van der Waals surface area contributed by atoms with Crippen LogP contribution in [0, 0.1) is 12.8 Å². The van der Waals surface area contributed by atoms with Gasteiger partial charge in [0.1, 0.15) is 0 Å². The standard InChI is InChI=1S/C18H23N3O/c1-14-10-17(12-20-13-22)16(5-4-15-2-3-15)11-18(14)21-8-6-19-7-9-21/h4-5,10-13,15,19H,2-3,6-9H2,1H3/b5-4+,20-12?. The fourth-order valence-electron chi connectivity index (χ4n) is 2.88. The maximum absolute atomic E-state index is 10.5. The highest BCUT2D eigenvalue weighted by Crippen LogP contribution is 2.32. The molecule has 1 heterocycles. The second-order valence-corrected chi connectivity index (χ2v) is 6.08. The van der Waals surface area contributed by atoms with Crippen molar-refractivity contribution >= 4 is 24.4 Å². The number of hydrogen-bond donors (Lipinski definition) is 1. The Labute approximate surface area is 131 Å². The van der Waals surface area contributed by atoms with Gasteiger partial charge in [-0.2, -0.15) is 0 Å². The van der Waals surface area contributed by atoms with E-state index in [1.807, 2.05) is 0 Å². The van der Waals surface area contributed by atoms with E-state index in [1.165, 1.54) is 24.1 Å². The molecule has 0 spiro atoms. The number of hydrogen-bond acceptors (Lipinski definition) is 3. The molecule has 0 bridgehead atoms. The number of benzene rings is 1. The lowest BCUT2D eigenvalue weighted by Crippen LogP contribution is -2.43. The van der Waals surface area contributed by atoms with Gasteiger partial charge in [-0.3, -0.25) is 4.79 Å². The van der Waals surface area contributed by atoms with Gasteiger partial charge in [-0.05, 0) is 48.9 Å². The summed E-state index contributed by atoms with van der Waals surface area (Å²) in [4.78, 5) is 16.7. The molecule has 3 rings (SSSR count). The van der Waals surface area contributed by atoms with E-state index in [4.69, 9.17) is 0 Å². The Morgan fingerprint density at radius 2 is 2.00 bits per heavy atom. The van der Waals surface area contributed by atoms with Crippen LogP contribution in [0.5, 0.6) is 0 Å². The zero-order valence-corrected chi connectivity index (χ0v) is 13.1. The number of nitrogens with one attached hydrogen (secondary N) is 1. The lowest BCUT2D eigenvalue weighted by Gasteiger charge is -2.31. The molecule has 1 aromatic rings. The zero-order chi connectivity index (χ0) is 15.4. The second-order valence-electron chi connectivity index (χ2n) is 6.08. The summed E-state index contributed by atoms with van der Waals surface area (Å²) >= 11 is 0. The minimum atomic E-state index is 0.591. The van der Waals surface area contributed by atoms with Gasteiger partial charge in [0.05, 0.1) is 0 Å². The summed E-state index contributed by atoms with van der Waals surface area (Å²) in [6.07, 6.45) is 9.32. The maximum atomic E-state index is 10.5. The van der Waals surface area contributed by atoms with Gasteiger partial charge < -0.3 is 10.2 Å². The topological polar surface area (TPSA) is 44.7 Å². The van der Waals surface area contributed by atoms with E-state index in [1.54, 1.807) is 6.21 Å². The number of carbonyl (C=O) groups is 1. The molecule has 116 valence electrons. The van der Waals surface area contributed by atoms with Gasteiger partial charge in [0.25, 0.3) is 0 Å². The summed E-state index contributed by atoms with van der Waals surface area (Å²) in [5.74, 6) is 0.736. The lowest BCUT2D eigenvalue weighted by molar-refractivity contribution is -0.106. The molecular formula is C18H23N3O. The van der Waals surface area contributed by atoms with E-state index in [0.717, 1.165) is 43.2 Å². The molecule has 1 saturated carbocycles. The smallest absolute Gasteiger partial charge is 0.232 e. The third-order valence-electron chi connectivity index (χ3n) is 4.30. The summed E-state index contributed by atoms with van der Waals surface area (Å²) in [7, 11) is 0. The number of aryl methyl sites for hydroxylation is 1. The molecule has 1 aromatic carbocycles. The molecule has 1 aliphatic heterocycles. The number of piperazine rings is 1. The van der Waals surface area contributed by atoms with Crippen LogP contribution in [0.2, 0.25) is 0 Å². The van der Waals surface area contributed by atoms with Gasteiger partial charge in [-0.1, -0.05) is 12.2 Å². The Hall–Kier alpha value is -1.94. The molecule has 0 aromatic heterocycles. The first-order chi connectivity index (χ1) is 10.8. The number of nitrogens with zero attached hydrogens (tertiary/aromatic N) is 2. The van der Waals surface area contributed by atoms with Crippen molar-refractivity contribution in [2.24, 2.45) is 10.9 Å². The van der Waals surface area contributed by atoms with Crippen molar-refractivity contribution in [3.05, 3.63) is 34.9 Å². The molecule has 0 unspecified atom stereocenters. The minimum Gasteiger partial charge on any atom is -0.369 e. The molecule has 0 atom stereocenters. The summed E-state index contributed by atoms with van der Waals surface area (Å²) < 4.78 is 0. The highest BCUT2D eigenvalue weighted by atomic mass is 16.1. The summed E-state index contributed by atoms with van der Waals surface area (Å²) in [6.45, 7) is 6.26. The fraction of sp³-hybridized carbons (Fsp3) is 0.444. The predicted octanol–water partition coefficient (Wildman–Crippen LogP) is 2.40. The SMILES string of the molecule is Cc1cc(C=NC=O)c(/C=C/C2CC2)cc1N1CCNCC1. The van der Waals surface area contributed by atoms with Crippen molar-refractivity contribution in [2.75, 3.05) is 31.1 Å². The summed E-state index contributed by atoms with van der Waals surface area (Å²) in [6, 6.07) is 4.38. The molecule has 2 aliphatic rings. The average molecular weight is 297 g/mol. The number of amides is 1. The van der Waals surface area contributed by atoms with Crippen molar-refractivity contribution in [1.82, 2.24) is 5.32 Å². The van der Waals surface area contributed by atoms with Gasteiger partial charge in [0, 0.05) is 43.6 Å². The highest BCUT2D eigenvalue weighted by Gasteiger charge is 2.18. The first-order valence-corrected chi connectivity index (χ1v) is 8.03. The molecule has 2 fully saturated rings. The van der Waals surface area contributed by atoms with Gasteiger partial charge >= 0.3 is 0 Å². The first-order valence-electron chi connectivity index (χ1n) is 8.03. The molecule has 1 N–H and O–H groups in total. The quantitative estimate of drug-likeness (QED) is 0.670. The molecule has 1 saturated heterocycles. The molecule has 0 radical (unpaired) electrons. The van der Waals surface area contributed by atoms with Crippen molar-refractivity contribution in [1.29, 1.82) is 0 Å². The first kappa shape index (κ1) is 15.0. The van der Waals surface area contributed by atoms with Crippen molar-refractivity contribution < 1.29 is 4.79 Å².